The average Bonchev–Trinajstić information content (AvgIpc) is 2.98. The summed E-state index contributed by atoms with van der Waals surface area (Å²) in [6.07, 6.45) is 1.52. The molecule has 1 aromatic heterocycles. The molecule has 0 saturated carbocycles. The van der Waals surface area contributed by atoms with Gasteiger partial charge in [0.15, 0.2) is 0 Å². The maximum Gasteiger partial charge on any atom is 2.00 e. The zero-order chi connectivity index (χ0) is 25.7. The summed E-state index contributed by atoms with van der Waals surface area (Å²) in [5.41, 5.74) is 7.31. The second kappa shape index (κ2) is 10.0. The molecular weight excluding hydrogens is 704 g/mol. The third kappa shape index (κ3) is 3.82. The number of hydrogen-bond donors (Lipinski definition) is 0. The Morgan fingerprint density at radius 2 is 1.26 bits per heavy atom. The van der Waals surface area contributed by atoms with E-state index in [2.05, 4.69) is 95.9 Å². The van der Waals surface area contributed by atoms with Crippen LogP contribution in [-0.2, 0) is 5.41 Å². The van der Waals surface area contributed by atoms with Gasteiger partial charge >= 0.3 is 36.7 Å². The number of hydrogen-bond acceptors (Lipinski definition) is 3. The summed E-state index contributed by atoms with van der Waals surface area (Å²) in [7, 11) is 0. The van der Waals surface area contributed by atoms with Crippen LogP contribution >= 0.6 is 0 Å². The normalized spacial score (nSPS) is 13.3. The van der Waals surface area contributed by atoms with Crippen LogP contribution in [-0.4, -0.2) is 0 Å². The number of anilines is 3. The second-order valence-electron chi connectivity index (χ2n) is 9.61. The van der Waals surface area contributed by atoms with E-state index in [9.17, 15) is 4.79 Å². The van der Waals surface area contributed by atoms with Crippen molar-refractivity contribution in [2.45, 2.75) is 12.3 Å². The largest absolute Gasteiger partial charge is 2.00 e. The van der Waals surface area contributed by atoms with Gasteiger partial charge in [-0.25, -0.2) is 4.79 Å². The molecule has 4 heteroatoms. The number of aryl methyl sites for hydroxylation is 1. The van der Waals surface area contributed by atoms with Gasteiger partial charge in [-0.05, 0) is 53.3 Å². The molecule has 0 N–H and O–H groups in total. The van der Waals surface area contributed by atoms with E-state index in [1.807, 2.05) is 43.3 Å². The van der Waals surface area contributed by atoms with E-state index in [1.54, 1.807) is 0 Å². The van der Waals surface area contributed by atoms with E-state index in [4.69, 9.17) is 4.42 Å². The maximum atomic E-state index is 12.7. The van der Waals surface area contributed by atoms with Crippen LogP contribution in [0.2, 0.25) is 0 Å². The minimum absolute atomic E-state index is 0. The van der Waals surface area contributed by atoms with Crippen LogP contribution in [0.3, 0.4) is 0 Å². The molecule has 2 heterocycles. The molecule has 0 unspecified atom stereocenters. The Labute approximate surface area is 251 Å². The summed E-state index contributed by atoms with van der Waals surface area (Å²) in [5, 5.41) is 1.47. The molecule has 0 saturated heterocycles. The average molecular weight is 728 g/mol. The van der Waals surface area contributed by atoms with E-state index < -0.39 is 5.41 Å². The molecule has 0 spiro atoms. The van der Waals surface area contributed by atoms with Crippen molar-refractivity contribution in [3.63, 3.8) is 0 Å². The Morgan fingerprint density at radius 1 is 0.692 bits per heavy atom. The summed E-state index contributed by atoms with van der Waals surface area (Å²) in [6, 6.07) is 46.5. The first-order valence-corrected chi connectivity index (χ1v) is 12.7. The topological polar surface area (TPSA) is 33.5 Å². The molecule has 0 bridgehead atoms. The molecule has 0 amide bonds. The van der Waals surface area contributed by atoms with Gasteiger partial charge in [0.2, 0.25) is 0 Å². The molecule has 39 heavy (non-hydrogen) atoms. The molecular formula is C35H23NO2U. The smallest absolute Gasteiger partial charge is 0.431 e. The van der Waals surface area contributed by atoms with Crippen LogP contribution in [0.15, 0.2) is 131 Å². The third-order valence-corrected chi connectivity index (χ3v) is 7.57. The number of para-hydroxylation sites is 2. The number of benzene rings is 5. The fraction of sp³-hybridized carbons (Fsp3) is 0.0571. The fourth-order valence-corrected chi connectivity index (χ4v) is 5.96. The minimum Gasteiger partial charge on any atom is -0.431 e. The quantitative estimate of drug-likeness (QED) is 0.174. The van der Waals surface area contributed by atoms with Crippen LogP contribution in [0.1, 0.15) is 27.8 Å². The van der Waals surface area contributed by atoms with Crippen molar-refractivity contribution < 1.29 is 35.5 Å². The van der Waals surface area contributed by atoms with Crippen molar-refractivity contribution in [1.82, 2.24) is 0 Å². The summed E-state index contributed by atoms with van der Waals surface area (Å²) in [4.78, 5) is 15.0. The zero-order valence-corrected chi connectivity index (χ0v) is 25.5. The molecule has 3 nitrogen and oxygen atoms in total. The summed E-state index contributed by atoms with van der Waals surface area (Å²) >= 11 is 0. The SMILES string of the molecule is Cc1coc(=O)c2cc(N3c4ccccc4C(c4[c-]cccc4)(c4[c-]cccc4)c4ccccc43)ccc12.[U+2]. The number of nitrogens with zero attached hydrogens (tertiary/aromatic N) is 1. The van der Waals surface area contributed by atoms with Gasteiger partial charge in [0, 0.05) is 11.1 Å². The summed E-state index contributed by atoms with van der Waals surface area (Å²) in [6.45, 7) is 1.96. The first-order chi connectivity index (χ1) is 18.7. The molecule has 0 aliphatic carbocycles. The second-order valence-corrected chi connectivity index (χ2v) is 9.61. The van der Waals surface area contributed by atoms with Gasteiger partial charge in [0.05, 0.1) is 23.0 Å². The molecule has 184 valence electrons. The van der Waals surface area contributed by atoms with E-state index in [0.717, 1.165) is 50.3 Å². The standard InChI is InChI=1S/C35H23NO2.U/c1-24-23-38-34(37)29-22-27(20-21-28(24)29)36-32-18-10-8-16-30(32)35(25-12-4-2-5-13-25,26-14-6-3-7-15-26)31-17-9-11-19-33(31)36;/h2-12,14,16-23H,1H3;/q-2;+2. The monoisotopic (exact) mass is 727 g/mol. The van der Waals surface area contributed by atoms with Crippen molar-refractivity contribution >= 4 is 27.8 Å². The minimum atomic E-state index is -0.626. The van der Waals surface area contributed by atoms with E-state index in [-0.39, 0.29) is 36.7 Å². The summed E-state index contributed by atoms with van der Waals surface area (Å²) in [5.74, 6) is 0. The predicted octanol–water partition coefficient (Wildman–Crippen LogP) is 7.87. The van der Waals surface area contributed by atoms with Crippen molar-refractivity contribution in [2.75, 3.05) is 4.90 Å². The Morgan fingerprint density at radius 3 is 1.82 bits per heavy atom. The van der Waals surface area contributed by atoms with E-state index >= 15 is 0 Å². The Bertz CT molecular complexity index is 1770. The molecule has 5 aromatic carbocycles. The molecule has 7 rings (SSSR count). The molecule has 0 radical (unpaired) electrons. The van der Waals surface area contributed by atoms with Gasteiger partial charge in [-0.1, -0.05) is 42.5 Å². The van der Waals surface area contributed by atoms with Gasteiger partial charge in [-0.2, -0.15) is 60.7 Å². The molecule has 1 aliphatic heterocycles. The van der Waals surface area contributed by atoms with Crippen LogP contribution in [0, 0.1) is 50.2 Å². The Hall–Kier alpha value is -3.84. The van der Waals surface area contributed by atoms with Crippen molar-refractivity contribution in [3.8, 4) is 0 Å². The van der Waals surface area contributed by atoms with Gasteiger partial charge in [-0.3, -0.25) is 0 Å². The molecule has 1 aliphatic rings. The van der Waals surface area contributed by atoms with E-state index in [0.29, 0.717) is 5.39 Å². The first kappa shape index (κ1) is 25.4. The number of rotatable bonds is 3. The maximum absolute atomic E-state index is 12.7. The van der Waals surface area contributed by atoms with E-state index in [1.165, 1.54) is 6.26 Å². The number of fused-ring (bicyclic) bond motifs is 3. The van der Waals surface area contributed by atoms with Crippen molar-refractivity contribution in [3.05, 3.63) is 172 Å². The third-order valence-electron chi connectivity index (χ3n) is 7.57. The van der Waals surface area contributed by atoms with Gasteiger partial charge in [0.1, 0.15) is 0 Å². The van der Waals surface area contributed by atoms with Crippen LogP contribution in [0.5, 0.6) is 0 Å². The van der Waals surface area contributed by atoms with Gasteiger partial charge < -0.3 is 9.32 Å². The van der Waals surface area contributed by atoms with Gasteiger partial charge in [0.25, 0.3) is 0 Å². The van der Waals surface area contributed by atoms with Crippen LogP contribution in [0.4, 0.5) is 17.1 Å². The Balaban J connectivity index is 0.00000277. The van der Waals surface area contributed by atoms with Crippen molar-refractivity contribution in [1.29, 1.82) is 0 Å². The first-order valence-electron chi connectivity index (χ1n) is 12.7. The van der Waals surface area contributed by atoms with Gasteiger partial charge in [-0.15, -0.1) is 11.1 Å². The molecule has 0 fully saturated rings. The van der Waals surface area contributed by atoms with Crippen LogP contribution in [0.25, 0.3) is 10.8 Å². The zero-order valence-electron chi connectivity index (χ0n) is 21.3. The fourth-order valence-electron chi connectivity index (χ4n) is 5.96. The molecule has 0 atom stereocenters. The Kier molecular flexibility index (Phi) is 6.55. The van der Waals surface area contributed by atoms with Crippen molar-refractivity contribution in [2.24, 2.45) is 0 Å². The van der Waals surface area contributed by atoms with Crippen LogP contribution < -0.4 is 10.5 Å². The molecule has 6 aromatic rings. The summed E-state index contributed by atoms with van der Waals surface area (Å²) < 4.78 is 5.32. The predicted molar refractivity (Wildman–Crippen MR) is 151 cm³/mol.